The van der Waals surface area contributed by atoms with E-state index in [1.54, 1.807) is 36.4 Å². The van der Waals surface area contributed by atoms with E-state index < -0.39 is 15.8 Å². The van der Waals surface area contributed by atoms with Crippen LogP contribution in [0, 0.1) is 6.92 Å². The quantitative estimate of drug-likeness (QED) is 0.731. The van der Waals surface area contributed by atoms with Crippen molar-refractivity contribution in [2.24, 2.45) is 0 Å². The number of carbonyl (C=O) groups excluding carboxylic acids is 1. The number of aromatic nitrogens is 1. The van der Waals surface area contributed by atoms with E-state index in [1.807, 2.05) is 19.1 Å². The van der Waals surface area contributed by atoms with Crippen LogP contribution in [0.2, 0.25) is 0 Å². The topological polar surface area (TPSA) is 65.4 Å². The van der Waals surface area contributed by atoms with Crippen LogP contribution in [0.25, 0.3) is 10.9 Å². The Morgan fingerprint density at radius 2 is 1.75 bits per heavy atom. The molecule has 2 aromatic carbocycles. The van der Waals surface area contributed by atoms with Crippen molar-refractivity contribution in [2.75, 3.05) is 0 Å². The Morgan fingerprint density at radius 1 is 1.08 bits per heavy atom. The highest BCUT2D eigenvalue weighted by atomic mass is 32.2. The second-order valence-electron chi connectivity index (χ2n) is 5.66. The van der Waals surface area contributed by atoms with Crippen molar-refractivity contribution in [3.63, 3.8) is 0 Å². The Bertz CT molecular complexity index is 1000. The molecule has 0 saturated heterocycles. The van der Waals surface area contributed by atoms with E-state index in [4.69, 9.17) is 4.84 Å². The third-order valence-electron chi connectivity index (χ3n) is 3.68. The van der Waals surface area contributed by atoms with Gasteiger partial charge in [0.15, 0.2) is 9.84 Å². The standard InChI is InChI=1S/C18H17NO4S/c1-13-7-9-15(10-8-13)12-24(21,22)18-11-19(23-14(2)20)17-6-4-3-5-16(17)18/h3-11H,12H2,1-2H3. The minimum atomic E-state index is -3.58. The van der Waals surface area contributed by atoms with E-state index in [9.17, 15) is 13.2 Å². The molecule has 0 spiro atoms. The number of sulfone groups is 1. The van der Waals surface area contributed by atoms with Crippen LogP contribution in [0.15, 0.2) is 59.6 Å². The van der Waals surface area contributed by atoms with Gasteiger partial charge < -0.3 is 4.84 Å². The smallest absolute Gasteiger partial charge is 0.329 e. The maximum absolute atomic E-state index is 12.8. The highest BCUT2D eigenvalue weighted by Gasteiger charge is 2.22. The van der Waals surface area contributed by atoms with Gasteiger partial charge in [-0.25, -0.2) is 13.2 Å². The van der Waals surface area contributed by atoms with Crippen molar-refractivity contribution in [3.8, 4) is 0 Å². The van der Waals surface area contributed by atoms with Gasteiger partial charge in [0.25, 0.3) is 0 Å². The van der Waals surface area contributed by atoms with E-state index in [0.29, 0.717) is 16.5 Å². The summed E-state index contributed by atoms with van der Waals surface area (Å²) in [5.41, 5.74) is 2.32. The van der Waals surface area contributed by atoms with Crippen molar-refractivity contribution in [1.82, 2.24) is 4.73 Å². The summed E-state index contributed by atoms with van der Waals surface area (Å²) >= 11 is 0. The summed E-state index contributed by atoms with van der Waals surface area (Å²) in [5.74, 6) is -0.625. The minimum Gasteiger partial charge on any atom is -0.337 e. The van der Waals surface area contributed by atoms with Gasteiger partial charge in [0.1, 0.15) is 0 Å². The van der Waals surface area contributed by atoms with Gasteiger partial charge in [-0.2, -0.15) is 4.73 Å². The van der Waals surface area contributed by atoms with Crippen LogP contribution in [0.5, 0.6) is 0 Å². The molecule has 0 aliphatic carbocycles. The Morgan fingerprint density at radius 3 is 2.42 bits per heavy atom. The van der Waals surface area contributed by atoms with Crippen LogP contribution < -0.4 is 4.84 Å². The first-order valence-corrected chi connectivity index (χ1v) is 9.09. The Balaban J connectivity index is 2.07. The lowest BCUT2D eigenvalue weighted by Gasteiger charge is -2.04. The Hall–Kier alpha value is -2.60. The summed E-state index contributed by atoms with van der Waals surface area (Å²) in [5, 5.41) is 0.533. The van der Waals surface area contributed by atoms with Crippen LogP contribution >= 0.6 is 0 Å². The van der Waals surface area contributed by atoms with Crippen molar-refractivity contribution in [1.29, 1.82) is 0 Å². The molecule has 0 radical (unpaired) electrons. The zero-order chi connectivity index (χ0) is 17.3. The number of para-hydroxylation sites is 1. The minimum absolute atomic E-state index is 0.110. The predicted octanol–water partition coefficient (Wildman–Crippen LogP) is 2.90. The van der Waals surface area contributed by atoms with Crippen molar-refractivity contribution in [2.45, 2.75) is 24.5 Å². The van der Waals surface area contributed by atoms with E-state index in [0.717, 1.165) is 5.56 Å². The molecule has 3 aromatic rings. The molecular weight excluding hydrogens is 326 g/mol. The normalized spacial score (nSPS) is 11.6. The molecular formula is C18H17NO4S. The fourth-order valence-electron chi connectivity index (χ4n) is 2.56. The van der Waals surface area contributed by atoms with Gasteiger partial charge in [-0.3, -0.25) is 0 Å². The Labute approximate surface area is 140 Å². The third kappa shape index (κ3) is 3.19. The Kier molecular flexibility index (Phi) is 4.15. The van der Waals surface area contributed by atoms with Gasteiger partial charge in [0, 0.05) is 12.3 Å². The first-order valence-electron chi connectivity index (χ1n) is 7.44. The SMILES string of the molecule is CC(=O)On1cc(S(=O)(=O)Cc2ccc(C)cc2)c2ccccc21. The largest absolute Gasteiger partial charge is 0.337 e. The molecule has 0 unspecified atom stereocenters. The van der Waals surface area contributed by atoms with Gasteiger partial charge in [0.2, 0.25) is 0 Å². The number of hydrogen-bond donors (Lipinski definition) is 0. The van der Waals surface area contributed by atoms with Crippen molar-refractivity contribution >= 4 is 26.7 Å². The maximum Gasteiger partial charge on any atom is 0.329 e. The summed E-state index contributed by atoms with van der Waals surface area (Å²) in [6.45, 7) is 3.22. The average Bonchev–Trinajstić information content (AvgIpc) is 2.89. The fraction of sp³-hybridized carbons (Fsp3) is 0.167. The number of fused-ring (bicyclic) bond motifs is 1. The second-order valence-corrected chi connectivity index (χ2v) is 7.62. The summed E-state index contributed by atoms with van der Waals surface area (Å²) < 4.78 is 26.9. The summed E-state index contributed by atoms with van der Waals surface area (Å²) in [4.78, 5) is 16.5. The number of benzene rings is 2. The highest BCUT2D eigenvalue weighted by Crippen LogP contribution is 2.27. The zero-order valence-electron chi connectivity index (χ0n) is 13.4. The van der Waals surface area contributed by atoms with Crippen molar-refractivity contribution < 1.29 is 18.0 Å². The molecule has 0 amide bonds. The molecule has 0 atom stereocenters. The summed E-state index contributed by atoms with van der Waals surface area (Å²) in [7, 11) is -3.58. The predicted molar refractivity (Wildman–Crippen MR) is 91.3 cm³/mol. The van der Waals surface area contributed by atoms with Crippen LogP contribution in [0.1, 0.15) is 18.1 Å². The molecule has 0 saturated carbocycles. The molecule has 0 bridgehead atoms. The van der Waals surface area contributed by atoms with Gasteiger partial charge >= 0.3 is 5.97 Å². The van der Waals surface area contributed by atoms with E-state index in [1.165, 1.54) is 17.9 Å². The molecule has 0 fully saturated rings. The van der Waals surface area contributed by atoms with E-state index >= 15 is 0 Å². The second kappa shape index (κ2) is 6.13. The molecule has 1 aromatic heterocycles. The zero-order valence-corrected chi connectivity index (χ0v) is 14.2. The number of nitrogens with zero attached hydrogens (tertiary/aromatic N) is 1. The molecule has 0 aliphatic rings. The number of carbonyl (C=O) groups is 1. The third-order valence-corrected chi connectivity index (χ3v) is 5.39. The molecule has 24 heavy (non-hydrogen) atoms. The van der Waals surface area contributed by atoms with Crippen LogP contribution in [0.3, 0.4) is 0 Å². The van der Waals surface area contributed by atoms with E-state index in [2.05, 4.69) is 0 Å². The van der Waals surface area contributed by atoms with E-state index in [-0.39, 0.29) is 10.6 Å². The molecule has 0 N–H and O–H groups in total. The molecule has 1 heterocycles. The van der Waals surface area contributed by atoms with Crippen molar-refractivity contribution in [3.05, 3.63) is 65.9 Å². The molecule has 0 aliphatic heterocycles. The van der Waals surface area contributed by atoms with Crippen LogP contribution in [0.4, 0.5) is 0 Å². The van der Waals surface area contributed by atoms with Crippen LogP contribution in [-0.2, 0) is 20.4 Å². The number of rotatable bonds is 4. The van der Waals surface area contributed by atoms with Gasteiger partial charge in [-0.05, 0) is 18.6 Å². The molecule has 5 nitrogen and oxygen atoms in total. The van der Waals surface area contributed by atoms with Crippen LogP contribution in [-0.4, -0.2) is 19.1 Å². The number of hydrogen-bond acceptors (Lipinski definition) is 4. The first-order chi connectivity index (χ1) is 11.4. The maximum atomic E-state index is 12.8. The lowest BCUT2D eigenvalue weighted by molar-refractivity contribution is -0.140. The monoisotopic (exact) mass is 343 g/mol. The highest BCUT2D eigenvalue weighted by molar-refractivity contribution is 7.90. The first kappa shape index (κ1) is 16.3. The summed E-state index contributed by atoms with van der Waals surface area (Å²) in [6.07, 6.45) is 1.36. The van der Waals surface area contributed by atoms with Gasteiger partial charge in [0.05, 0.1) is 22.4 Å². The number of aryl methyl sites for hydroxylation is 1. The van der Waals surface area contributed by atoms with Gasteiger partial charge in [-0.15, -0.1) is 0 Å². The molecule has 3 rings (SSSR count). The molecule has 6 heteroatoms. The summed E-state index contributed by atoms with van der Waals surface area (Å²) in [6, 6.07) is 14.3. The molecule has 124 valence electrons. The lowest BCUT2D eigenvalue weighted by Crippen LogP contribution is -2.15. The van der Waals surface area contributed by atoms with Gasteiger partial charge in [-0.1, -0.05) is 48.0 Å². The average molecular weight is 343 g/mol. The fourth-order valence-corrected chi connectivity index (χ4v) is 4.11. The lowest BCUT2D eigenvalue weighted by atomic mass is 10.2.